The topological polar surface area (TPSA) is 92.5 Å². The number of urea groups is 1. The number of likely N-dealkylation sites (tertiary alicyclic amines) is 1. The number of nitrogens with zero attached hydrogens (tertiary/aromatic N) is 1. The van der Waals surface area contributed by atoms with Gasteiger partial charge in [-0.25, -0.2) is 18.4 Å². The average Bonchev–Trinajstić information content (AvgIpc) is 2.16. The van der Waals surface area contributed by atoms with Gasteiger partial charge in [-0.3, -0.25) is 0 Å². The number of benzene rings is 1. The number of halogens is 1. The van der Waals surface area contributed by atoms with E-state index in [1.54, 1.807) is 24.3 Å². The highest BCUT2D eigenvalue weighted by Crippen LogP contribution is 2.22. The smallest absolute Gasteiger partial charge is 0.321 e. The zero-order valence-corrected chi connectivity index (χ0v) is 10.9. The van der Waals surface area contributed by atoms with E-state index in [1.165, 1.54) is 4.90 Å². The van der Waals surface area contributed by atoms with E-state index in [9.17, 15) is 13.2 Å². The Labute approximate surface area is 110 Å². The van der Waals surface area contributed by atoms with Gasteiger partial charge in [-0.15, -0.1) is 0 Å². The van der Waals surface area contributed by atoms with Gasteiger partial charge in [0.05, 0.1) is 10.7 Å². The fraction of sp³-hybridized carbons (Fsp3) is 0.300. The molecular weight excluding hydrogens is 278 g/mol. The van der Waals surface area contributed by atoms with Crippen LogP contribution in [0.1, 0.15) is 0 Å². The molecule has 1 aromatic carbocycles. The van der Waals surface area contributed by atoms with Crippen LogP contribution in [0.2, 0.25) is 5.02 Å². The van der Waals surface area contributed by atoms with Gasteiger partial charge in [0.15, 0.2) is 0 Å². The molecule has 1 heterocycles. The second kappa shape index (κ2) is 4.75. The monoisotopic (exact) mass is 289 g/mol. The molecule has 6 nitrogen and oxygen atoms in total. The first-order chi connectivity index (χ1) is 8.38. The fourth-order valence-electron chi connectivity index (χ4n) is 1.57. The third-order valence-corrected chi connectivity index (χ3v) is 4.27. The van der Waals surface area contributed by atoms with E-state index in [2.05, 4.69) is 5.32 Å². The Balaban J connectivity index is 1.94. The van der Waals surface area contributed by atoms with Crippen LogP contribution in [0.3, 0.4) is 0 Å². The first-order valence-electron chi connectivity index (χ1n) is 5.20. The lowest BCUT2D eigenvalue weighted by Crippen LogP contribution is -2.59. The molecule has 1 saturated heterocycles. The Bertz CT molecular complexity index is 569. The van der Waals surface area contributed by atoms with Gasteiger partial charge in [0.25, 0.3) is 0 Å². The van der Waals surface area contributed by atoms with Gasteiger partial charge in [-0.2, -0.15) is 0 Å². The number of nitrogens with two attached hydrogens (primary N) is 1. The molecule has 0 unspecified atom stereocenters. The van der Waals surface area contributed by atoms with E-state index in [0.29, 0.717) is 10.7 Å². The van der Waals surface area contributed by atoms with Crippen molar-refractivity contribution in [1.29, 1.82) is 0 Å². The molecule has 2 amide bonds. The standard InChI is InChI=1S/C10H12ClN3O3S/c11-8-3-1-2-4-9(8)13-10(15)14-5-7(6-14)18(12,16)17/h1-4,7H,5-6H2,(H,13,15)(H2,12,16,17). The van der Waals surface area contributed by atoms with Crippen molar-refractivity contribution in [3.05, 3.63) is 29.3 Å². The lowest BCUT2D eigenvalue weighted by Gasteiger charge is -2.37. The van der Waals surface area contributed by atoms with Gasteiger partial charge in [0.1, 0.15) is 5.25 Å². The molecule has 0 aromatic heterocycles. The highest BCUT2D eigenvalue weighted by molar-refractivity contribution is 7.89. The van der Waals surface area contributed by atoms with Gasteiger partial charge in [-0.1, -0.05) is 23.7 Å². The highest BCUT2D eigenvalue weighted by Gasteiger charge is 2.37. The van der Waals surface area contributed by atoms with Crippen LogP contribution in [0, 0.1) is 0 Å². The predicted molar refractivity (Wildman–Crippen MR) is 68.9 cm³/mol. The summed E-state index contributed by atoms with van der Waals surface area (Å²) in [4.78, 5) is 13.1. The summed E-state index contributed by atoms with van der Waals surface area (Å²) in [5, 5.41) is 7.33. The van der Waals surface area contributed by atoms with Crippen molar-refractivity contribution < 1.29 is 13.2 Å². The Morgan fingerprint density at radius 1 is 1.39 bits per heavy atom. The van der Waals surface area contributed by atoms with Gasteiger partial charge >= 0.3 is 6.03 Å². The molecule has 2 rings (SSSR count). The lowest BCUT2D eigenvalue weighted by atomic mass is 10.2. The van der Waals surface area contributed by atoms with E-state index in [4.69, 9.17) is 16.7 Å². The number of carbonyl (C=O) groups excluding carboxylic acids is 1. The Hall–Kier alpha value is -1.31. The molecule has 0 atom stereocenters. The highest BCUT2D eigenvalue weighted by atomic mass is 35.5. The number of nitrogens with one attached hydrogen (secondary N) is 1. The van der Waals surface area contributed by atoms with E-state index in [1.807, 2.05) is 0 Å². The third kappa shape index (κ3) is 2.74. The maximum atomic E-state index is 11.7. The molecule has 0 aliphatic carbocycles. The lowest BCUT2D eigenvalue weighted by molar-refractivity contribution is 0.182. The number of anilines is 1. The normalized spacial score (nSPS) is 16.2. The summed E-state index contributed by atoms with van der Waals surface area (Å²) in [6.45, 7) is 0.213. The number of carbonyl (C=O) groups is 1. The molecule has 1 aliphatic heterocycles. The molecule has 0 radical (unpaired) electrons. The molecule has 0 spiro atoms. The summed E-state index contributed by atoms with van der Waals surface area (Å²) >= 11 is 5.89. The molecule has 18 heavy (non-hydrogen) atoms. The molecule has 1 aliphatic rings. The Morgan fingerprint density at radius 3 is 2.56 bits per heavy atom. The van der Waals surface area contributed by atoms with E-state index in [-0.39, 0.29) is 19.1 Å². The van der Waals surface area contributed by atoms with Crippen LogP contribution < -0.4 is 10.5 Å². The molecule has 0 bridgehead atoms. The average molecular weight is 290 g/mol. The molecule has 8 heteroatoms. The number of para-hydroxylation sites is 1. The number of amides is 2. The molecule has 1 fully saturated rings. The van der Waals surface area contributed by atoms with Crippen LogP contribution in [0.5, 0.6) is 0 Å². The number of primary sulfonamides is 1. The second-order valence-corrected chi connectivity index (χ2v) is 6.28. The van der Waals surface area contributed by atoms with Crippen LogP contribution >= 0.6 is 11.6 Å². The van der Waals surface area contributed by atoms with Gasteiger partial charge < -0.3 is 10.2 Å². The number of hydrogen-bond donors (Lipinski definition) is 2. The van der Waals surface area contributed by atoms with Crippen LogP contribution in [-0.2, 0) is 10.0 Å². The summed E-state index contributed by atoms with van der Waals surface area (Å²) in [6.07, 6.45) is 0. The minimum Gasteiger partial charge on any atom is -0.322 e. The minimum absolute atomic E-state index is 0.106. The zero-order valence-electron chi connectivity index (χ0n) is 9.34. The molecule has 98 valence electrons. The van der Waals surface area contributed by atoms with Gasteiger partial charge in [0.2, 0.25) is 10.0 Å². The first-order valence-corrected chi connectivity index (χ1v) is 7.19. The Kier molecular flexibility index (Phi) is 3.47. The first kappa shape index (κ1) is 13.1. The minimum atomic E-state index is -3.56. The van der Waals surface area contributed by atoms with Crippen molar-refractivity contribution in [3.8, 4) is 0 Å². The quantitative estimate of drug-likeness (QED) is 0.845. The predicted octanol–water partition coefficient (Wildman–Crippen LogP) is 0.845. The van der Waals surface area contributed by atoms with Crippen molar-refractivity contribution in [2.45, 2.75) is 5.25 Å². The van der Waals surface area contributed by atoms with Crippen molar-refractivity contribution in [2.75, 3.05) is 18.4 Å². The van der Waals surface area contributed by atoms with Crippen LogP contribution in [-0.4, -0.2) is 37.7 Å². The summed E-state index contributed by atoms with van der Waals surface area (Å²) < 4.78 is 22.0. The summed E-state index contributed by atoms with van der Waals surface area (Å²) in [7, 11) is -3.56. The molecule has 3 N–H and O–H groups in total. The van der Waals surface area contributed by atoms with E-state index in [0.717, 1.165) is 0 Å². The fourth-order valence-corrected chi connectivity index (χ4v) is 2.53. The number of sulfonamides is 1. The van der Waals surface area contributed by atoms with Crippen molar-refractivity contribution >= 4 is 33.3 Å². The van der Waals surface area contributed by atoms with Crippen molar-refractivity contribution in [2.24, 2.45) is 5.14 Å². The van der Waals surface area contributed by atoms with E-state index < -0.39 is 15.3 Å². The maximum absolute atomic E-state index is 11.7. The largest absolute Gasteiger partial charge is 0.322 e. The van der Waals surface area contributed by atoms with Gasteiger partial charge in [-0.05, 0) is 12.1 Å². The number of hydrogen-bond acceptors (Lipinski definition) is 3. The summed E-state index contributed by atoms with van der Waals surface area (Å²) in [6, 6.07) is 6.42. The SMILES string of the molecule is NS(=O)(=O)C1CN(C(=O)Nc2ccccc2Cl)C1. The van der Waals surface area contributed by atoms with Crippen LogP contribution in [0.4, 0.5) is 10.5 Å². The molecular formula is C10H12ClN3O3S. The van der Waals surface area contributed by atoms with Crippen LogP contribution in [0.25, 0.3) is 0 Å². The van der Waals surface area contributed by atoms with Crippen molar-refractivity contribution in [3.63, 3.8) is 0 Å². The maximum Gasteiger partial charge on any atom is 0.321 e. The third-order valence-electron chi connectivity index (χ3n) is 2.72. The number of rotatable bonds is 2. The summed E-state index contributed by atoms with van der Waals surface area (Å²) in [5.74, 6) is 0. The summed E-state index contributed by atoms with van der Waals surface area (Å²) in [5.41, 5.74) is 0.489. The van der Waals surface area contributed by atoms with E-state index >= 15 is 0 Å². The van der Waals surface area contributed by atoms with Crippen LogP contribution in [0.15, 0.2) is 24.3 Å². The van der Waals surface area contributed by atoms with Crippen molar-refractivity contribution in [1.82, 2.24) is 4.90 Å². The second-order valence-electron chi connectivity index (χ2n) is 4.03. The molecule has 1 aromatic rings. The zero-order chi connectivity index (χ0) is 13.3. The molecule has 0 saturated carbocycles. The Morgan fingerprint density at radius 2 is 2.00 bits per heavy atom. The van der Waals surface area contributed by atoms with Gasteiger partial charge in [0, 0.05) is 13.1 Å².